The van der Waals surface area contributed by atoms with E-state index in [1.807, 2.05) is 0 Å². The number of fused-ring (bicyclic) bond motifs is 4. The maximum Gasteiger partial charge on any atom is 0.348 e. The minimum atomic E-state index is -1.68. The van der Waals surface area contributed by atoms with Crippen molar-refractivity contribution in [1.29, 1.82) is 0 Å². The molecule has 18 nitrogen and oxygen atoms in total. The molecule has 0 radical (unpaired) electrons. The molecule has 344 valence electrons. The van der Waals surface area contributed by atoms with E-state index in [4.69, 9.17) is 33.3 Å². The minimum absolute atomic E-state index is 0.0189. The zero-order valence-corrected chi connectivity index (χ0v) is 36.5. The first-order valence-corrected chi connectivity index (χ1v) is 22.0. The number of aliphatic hydroxyl groups excluding tert-OH is 2. The number of amides is 2. The van der Waals surface area contributed by atoms with Gasteiger partial charge in [-0.3, -0.25) is 24.0 Å². The normalized spacial score (nSPS) is 31.9. The number of nitrogens with one attached hydrogen (secondary N) is 2. The molecule has 0 aromatic heterocycles. The lowest BCUT2D eigenvalue weighted by molar-refractivity contribution is -0.235. The van der Waals surface area contributed by atoms with Gasteiger partial charge >= 0.3 is 23.9 Å². The molecule has 4 N–H and O–H groups in total. The average Bonchev–Trinajstić information content (AvgIpc) is 4.16. The van der Waals surface area contributed by atoms with Gasteiger partial charge in [-0.25, -0.2) is 9.59 Å². The van der Waals surface area contributed by atoms with Crippen molar-refractivity contribution in [3.8, 4) is 0 Å². The molecule has 18 heteroatoms. The van der Waals surface area contributed by atoms with Crippen molar-refractivity contribution in [2.24, 2.45) is 22.7 Å². The van der Waals surface area contributed by atoms with E-state index in [0.29, 0.717) is 11.1 Å². The van der Waals surface area contributed by atoms with Gasteiger partial charge in [-0.1, -0.05) is 38.1 Å². The number of cyclic esters (lactones) is 1. The molecule has 8 rings (SSSR count). The number of rotatable bonds is 16. The first-order chi connectivity index (χ1) is 29.7. The van der Waals surface area contributed by atoms with Crippen molar-refractivity contribution in [2.75, 3.05) is 13.2 Å². The summed E-state index contributed by atoms with van der Waals surface area (Å²) in [4.78, 5) is 87.2. The van der Waals surface area contributed by atoms with E-state index in [2.05, 4.69) is 10.6 Å². The topological polar surface area (TPSA) is 235 Å². The molecule has 1 aromatic rings. The van der Waals surface area contributed by atoms with Crippen LogP contribution in [0.15, 0.2) is 30.3 Å². The first kappa shape index (κ1) is 45.1. The number of ether oxygens (including phenoxy) is 6. The van der Waals surface area contributed by atoms with Crippen LogP contribution in [0.5, 0.6) is 0 Å². The fourth-order valence-corrected chi connectivity index (χ4v) is 9.76. The second-order valence-corrected chi connectivity index (χ2v) is 19.9. The Morgan fingerprint density at radius 1 is 1.02 bits per heavy atom. The Balaban J connectivity index is 1.04. The van der Waals surface area contributed by atoms with Crippen LogP contribution in [0.3, 0.4) is 0 Å². The molecule has 7 aliphatic rings. The summed E-state index contributed by atoms with van der Waals surface area (Å²) in [5.41, 5.74) is -1.84. The molecule has 4 saturated heterocycles. The molecular weight excluding hydrogens is 823 g/mol. The predicted molar refractivity (Wildman–Crippen MR) is 217 cm³/mol. The van der Waals surface area contributed by atoms with Crippen LogP contribution >= 0.6 is 0 Å². The fourth-order valence-electron chi connectivity index (χ4n) is 9.76. The van der Waals surface area contributed by atoms with Gasteiger partial charge in [0, 0.05) is 36.2 Å². The molecule has 10 unspecified atom stereocenters. The number of esters is 4. The molecule has 3 aliphatic carbocycles. The Labute approximate surface area is 365 Å². The van der Waals surface area contributed by atoms with Crippen molar-refractivity contribution in [2.45, 2.75) is 159 Å². The van der Waals surface area contributed by atoms with Crippen molar-refractivity contribution >= 4 is 41.8 Å². The molecule has 10 atom stereocenters. The fraction of sp³-hybridized carbons (Fsp3) is 0.689. The summed E-state index contributed by atoms with van der Waals surface area (Å²) in [5.74, 6) is -4.73. The second-order valence-electron chi connectivity index (χ2n) is 19.9. The van der Waals surface area contributed by atoms with Crippen LogP contribution < -0.4 is 10.6 Å². The maximum absolute atomic E-state index is 15.1. The summed E-state index contributed by atoms with van der Waals surface area (Å²) in [6, 6.07) is 3.30. The Hall–Kier alpha value is -4.46. The SMILES string of the molecule is CC(O)C(NC(=O)C12CC3OC(=O)C1N(Cc1cccc(C=CC(=O)OC4C(=O)OCC4(C)C)c1)OC2C1OC(C2CC2)(C2CC2)OC31)C(=O)NC(CO)CCC(=O)OC(C)(C)C. The van der Waals surface area contributed by atoms with E-state index in [9.17, 15) is 34.2 Å². The summed E-state index contributed by atoms with van der Waals surface area (Å²) in [7, 11) is 0. The number of hydrogen-bond acceptors (Lipinski definition) is 16. The second kappa shape index (κ2) is 16.8. The van der Waals surface area contributed by atoms with E-state index < -0.39 is 119 Å². The highest BCUT2D eigenvalue weighted by atomic mass is 16.8. The molecule has 3 saturated carbocycles. The Kier molecular flexibility index (Phi) is 12.1. The zero-order valence-electron chi connectivity index (χ0n) is 36.5. The highest BCUT2D eigenvalue weighted by Crippen LogP contribution is 2.64. The van der Waals surface area contributed by atoms with Gasteiger partial charge in [-0.15, -0.1) is 0 Å². The van der Waals surface area contributed by atoms with Crippen LogP contribution in [0.1, 0.15) is 97.6 Å². The van der Waals surface area contributed by atoms with E-state index in [-0.39, 0.29) is 44.2 Å². The molecule has 0 spiro atoms. The molecule has 4 aliphatic heterocycles. The van der Waals surface area contributed by atoms with Crippen LogP contribution in [0.2, 0.25) is 0 Å². The molecular formula is C45H59N3O15. The van der Waals surface area contributed by atoms with E-state index in [1.54, 1.807) is 58.9 Å². The number of nitrogens with zero attached hydrogens (tertiary/aromatic N) is 1. The highest BCUT2D eigenvalue weighted by molar-refractivity contribution is 5.96. The van der Waals surface area contributed by atoms with Crippen LogP contribution in [0, 0.1) is 22.7 Å². The first-order valence-electron chi connectivity index (χ1n) is 22.0. The highest BCUT2D eigenvalue weighted by Gasteiger charge is 2.78. The number of aliphatic hydroxyl groups is 2. The Morgan fingerprint density at radius 3 is 2.33 bits per heavy atom. The van der Waals surface area contributed by atoms with Crippen molar-refractivity contribution in [1.82, 2.24) is 15.7 Å². The number of hydroxylamine groups is 2. The number of hydrogen-bond donors (Lipinski definition) is 4. The smallest absolute Gasteiger partial charge is 0.348 e. The molecule has 2 bridgehead atoms. The van der Waals surface area contributed by atoms with Crippen LogP contribution in [0.25, 0.3) is 6.08 Å². The van der Waals surface area contributed by atoms with E-state index in [1.165, 1.54) is 24.1 Å². The quantitative estimate of drug-likeness (QED) is 0.105. The van der Waals surface area contributed by atoms with Gasteiger partial charge in [0.15, 0.2) is 11.8 Å². The van der Waals surface area contributed by atoms with Gasteiger partial charge in [0.2, 0.25) is 17.9 Å². The van der Waals surface area contributed by atoms with Gasteiger partial charge in [0.25, 0.3) is 0 Å². The molecule has 2 amide bonds. The third-order valence-electron chi connectivity index (χ3n) is 13.1. The third-order valence-corrected chi connectivity index (χ3v) is 13.1. The Bertz CT molecular complexity index is 2010. The van der Waals surface area contributed by atoms with Gasteiger partial charge < -0.3 is 49.3 Å². The Morgan fingerprint density at radius 2 is 1.71 bits per heavy atom. The average molecular weight is 882 g/mol. The number of carbonyl (C=O) groups is 6. The minimum Gasteiger partial charge on any atom is -0.462 e. The summed E-state index contributed by atoms with van der Waals surface area (Å²) in [5, 5.41) is 27.8. The summed E-state index contributed by atoms with van der Waals surface area (Å²) in [6.45, 7) is 9.64. The predicted octanol–water partition coefficient (Wildman–Crippen LogP) is 1.76. The standard InChI is InChI=1S/C45H59N3O15/c1-23(50)32(38(53)46-28(21-49)15-17-31(52)60-42(2,3)4)47-41(56)44-19-29-33-34(62-45(61-33,26-11-12-26)27-13-14-27)36(44)63-48(35(44)39(54)58-29)20-25-9-7-8-24(18-25)10-16-30(51)59-37-40(55)57-22-43(37,5)6/h7-10,16,18,23,26-29,32-37,49-50H,11-15,17,19-22H2,1-6H3,(H,46,53)(H,47,56). The number of benzene rings is 1. The summed E-state index contributed by atoms with van der Waals surface area (Å²) < 4.78 is 35.7. The van der Waals surface area contributed by atoms with Gasteiger partial charge in [0.05, 0.1) is 25.3 Å². The maximum atomic E-state index is 15.1. The number of carbonyl (C=O) groups excluding carboxylic acids is 6. The summed E-state index contributed by atoms with van der Waals surface area (Å²) in [6.07, 6.45) is 0.334. The monoisotopic (exact) mass is 881 g/mol. The molecule has 4 heterocycles. The van der Waals surface area contributed by atoms with Crippen LogP contribution in [-0.2, 0) is 68.6 Å². The third kappa shape index (κ3) is 8.86. The summed E-state index contributed by atoms with van der Waals surface area (Å²) >= 11 is 0. The van der Waals surface area contributed by atoms with Crippen molar-refractivity contribution in [3.05, 3.63) is 41.5 Å². The van der Waals surface area contributed by atoms with Gasteiger partial charge in [0.1, 0.15) is 48.1 Å². The van der Waals surface area contributed by atoms with Crippen LogP contribution in [0.4, 0.5) is 0 Å². The van der Waals surface area contributed by atoms with E-state index in [0.717, 1.165) is 25.7 Å². The van der Waals surface area contributed by atoms with Gasteiger partial charge in [-0.2, -0.15) is 5.06 Å². The van der Waals surface area contributed by atoms with Crippen LogP contribution in [-0.4, -0.2) is 130 Å². The molecule has 7 fully saturated rings. The lowest BCUT2D eigenvalue weighted by atomic mass is 9.62. The van der Waals surface area contributed by atoms with Crippen molar-refractivity contribution < 1.29 is 72.2 Å². The van der Waals surface area contributed by atoms with Crippen molar-refractivity contribution in [3.63, 3.8) is 0 Å². The lowest BCUT2D eigenvalue weighted by Crippen LogP contribution is -2.71. The molecule has 1 aromatic carbocycles. The van der Waals surface area contributed by atoms with Gasteiger partial charge in [-0.05, 0) is 77.0 Å². The lowest BCUT2D eigenvalue weighted by Gasteiger charge is -2.49. The largest absolute Gasteiger partial charge is 0.462 e. The molecule has 63 heavy (non-hydrogen) atoms. The zero-order chi connectivity index (χ0) is 45.2. The van der Waals surface area contributed by atoms with E-state index >= 15 is 4.79 Å².